The van der Waals surface area contributed by atoms with Crippen molar-refractivity contribution in [3.05, 3.63) is 102 Å². The molecule has 3 aromatic rings. The van der Waals surface area contributed by atoms with Gasteiger partial charge in [0.1, 0.15) is 12.4 Å². The van der Waals surface area contributed by atoms with E-state index < -0.39 is 0 Å². The fourth-order valence-electron chi connectivity index (χ4n) is 3.38. The Balaban J connectivity index is 1.94. The van der Waals surface area contributed by atoms with Crippen molar-refractivity contribution in [1.29, 1.82) is 0 Å². The van der Waals surface area contributed by atoms with Gasteiger partial charge in [0.15, 0.2) is 0 Å². The molecule has 0 aliphatic rings. The third-order valence-corrected chi connectivity index (χ3v) is 5.78. The first-order chi connectivity index (χ1) is 14.2. The lowest BCUT2D eigenvalue weighted by atomic mass is 9.88. The lowest BCUT2D eigenvalue weighted by molar-refractivity contribution is 0.258. The smallest absolute Gasteiger partial charge is 0.119 e. The van der Waals surface area contributed by atoms with Gasteiger partial charge in [-0.25, -0.2) is 0 Å². The molecule has 0 aliphatic heterocycles. The van der Waals surface area contributed by atoms with Crippen molar-refractivity contribution in [3.8, 4) is 5.75 Å². The summed E-state index contributed by atoms with van der Waals surface area (Å²) in [5.74, 6) is 0.905. The zero-order valence-corrected chi connectivity index (χ0v) is 18.7. The molecule has 29 heavy (non-hydrogen) atoms. The molecule has 0 radical (unpaired) electrons. The van der Waals surface area contributed by atoms with Crippen LogP contribution >= 0.6 is 15.9 Å². The number of hydrogen-bond acceptors (Lipinski definition) is 2. The van der Waals surface area contributed by atoms with Crippen LogP contribution in [0.4, 0.5) is 0 Å². The van der Waals surface area contributed by atoms with Crippen molar-refractivity contribution in [2.75, 3.05) is 25.7 Å². The van der Waals surface area contributed by atoms with E-state index in [-0.39, 0.29) is 0 Å². The van der Waals surface area contributed by atoms with Gasteiger partial charge in [0.05, 0.1) is 5.45 Å². The Kier molecular flexibility index (Phi) is 8.09. The van der Waals surface area contributed by atoms with E-state index >= 15 is 0 Å². The second-order valence-electron chi connectivity index (χ2n) is 7.01. The van der Waals surface area contributed by atoms with E-state index in [1.165, 1.54) is 27.8 Å². The molecule has 0 unspecified atom stereocenters. The normalized spacial score (nSPS) is 12.0. The van der Waals surface area contributed by atoms with E-state index in [0.717, 1.165) is 24.2 Å². The summed E-state index contributed by atoms with van der Waals surface area (Å²) in [6.45, 7) is 3.78. The highest BCUT2D eigenvalue weighted by molar-refractivity contribution is 9.09. The van der Waals surface area contributed by atoms with Gasteiger partial charge < -0.3 is 4.74 Å². The summed E-state index contributed by atoms with van der Waals surface area (Å²) in [6, 6.07) is 29.8. The van der Waals surface area contributed by atoms with Crippen molar-refractivity contribution < 1.29 is 4.74 Å². The highest BCUT2D eigenvalue weighted by Crippen LogP contribution is 2.34. The molecular formula is C26H28BrNO. The maximum atomic E-state index is 5.91. The molecule has 0 aliphatic carbocycles. The number of nitrogens with zero attached hydrogens (tertiary/aromatic N) is 1. The van der Waals surface area contributed by atoms with E-state index in [1.54, 1.807) is 0 Å². The van der Waals surface area contributed by atoms with Gasteiger partial charge in [-0.15, -0.1) is 0 Å². The van der Waals surface area contributed by atoms with Crippen molar-refractivity contribution in [2.24, 2.45) is 0 Å². The highest BCUT2D eigenvalue weighted by atomic mass is 79.9. The van der Waals surface area contributed by atoms with Crippen molar-refractivity contribution in [3.63, 3.8) is 0 Å². The van der Waals surface area contributed by atoms with Crippen LogP contribution in [0, 0.1) is 0 Å². The number of rotatable bonds is 9. The number of hydrogen-bond donors (Lipinski definition) is 0. The molecular weight excluding hydrogens is 422 g/mol. The van der Waals surface area contributed by atoms with E-state index in [9.17, 15) is 0 Å². The first-order valence-corrected chi connectivity index (χ1v) is 11.2. The predicted molar refractivity (Wildman–Crippen MR) is 127 cm³/mol. The summed E-state index contributed by atoms with van der Waals surface area (Å²) < 4.78 is 5.91. The molecule has 0 saturated heterocycles. The third-order valence-electron chi connectivity index (χ3n) is 4.93. The predicted octanol–water partition coefficient (Wildman–Crippen LogP) is 6.72. The lowest BCUT2D eigenvalue weighted by Gasteiger charge is -2.17. The van der Waals surface area contributed by atoms with E-state index in [2.05, 4.69) is 120 Å². The molecule has 0 fully saturated rings. The monoisotopic (exact) mass is 449 g/mol. The molecule has 0 atom stereocenters. The van der Waals surface area contributed by atoms with Gasteiger partial charge in [-0.05, 0) is 53.4 Å². The minimum atomic E-state index is 0.674. The summed E-state index contributed by atoms with van der Waals surface area (Å²) in [5.41, 5.74) is 7.20. The summed E-state index contributed by atoms with van der Waals surface area (Å²) in [5, 5.41) is 0. The van der Waals surface area contributed by atoms with Gasteiger partial charge in [0.2, 0.25) is 0 Å². The fourth-order valence-corrected chi connectivity index (χ4v) is 3.63. The summed E-state index contributed by atoms with van der Waals surface area (Å²) >= 11 is 3.45. The van der Waals surface area contributed by atoms with E-state index in [4.69, 9.17) is 4.74 Å². The maximum absolute atomic E-state index is 5.91. The molecule has 0 amide bonds. The molecule has 0 saturated carbocycles. The van der Waals surface area contributed by atoms with E-state index in [0.29, 0.717) is 6.61 Å². The van der Waals surface area contributed by atoms with Crippen LogP contribution in [0.5, 0.6) is 5.75 Å². The Hall–Kier alpha value is -2.36. The molecule has 2 nitrogen and oxygen atoms in total. The van der Waals surface area contributed by atoms with Crippen molar-refractivity contribution >= 4 is 27.1 Å². The van der Waals surface area contributed by atoms with Gasteiger partial charge in [0.25, 0.3) is 0 Å². The molecule has 3 rings (SSSR count). The first kappa shape index (κ1) is 21.4. The highest BCUT2D eigenvalue weighted by Gasteiger charge is 2.13. The Morgan fingerprint density at radius 1 is 0.793 bits per heavy atom. The van der Waals surface area contributed by atoms with Crippen LogP contribution in [-0.2, 0) is 0 Å². The van der Waals surface area contributed by atoms with Gasteiger partial charge in [-0.2, -0.15) is 0 Å². The molecule has 0 spiro atoms. The zero-order valence-electron chi connectivity index (χ0n) is 17.1. The molecule has 0 N–H and O–H groups in total. The van der Waals surface area contributed by atoms with Gasteiger partial charge >= 0.3 is 0 Å². The topological polar surface area (TPSA) is 12.5 Å². The third kappa shape index (κ3) is 5.81. The van der Waals surface area contributed by atoms with Crippen molar-refractivity contribution in [1.82, 2.24) is 4.90 Å². The maximum Gasteiger partial charge on any atom is 0.119 e. The number of likely N-dealkylation sites (N-methyl/N-ethyl adjacent to an activating group) is 1. The first-order valence-electron chi connectivity index (χ1n) is 10.0. The van der Waals surface area contributed by atoms with Crippen LogP contribution < -0.4 is 4.74 Å². The van der Waals surface area contributed by atoms with E-state index in [1.807, 2.05) is 0 Å². The average molecular weight is 450 g/mol. The largest absolute Gasteiger partial charge is 0.492 e. The Morgan fingerprint density at radius 2 is 1.34 bits per heavy atom. The number of allylic oxidation sites excluding steroid dienone is 1. The Bertz CT molecular complexity index is 904. The van der Waals surface area contributed by atoms with Gasteiger partial charge in [-0.1, -0.05) is 95.7 Å². The standard InChI is InChI=1S/C26H28BrNO/c1-3-25(21-10-6-4-7-11-21)26(22-12-8-5-9-13-22)23-14-16-24(17-15-23)29-19-18-28(2)20-27/h4-17H,3,18-20H2,1-2H3. The van der Waals surface area contributed by atoms with Crippen molar-refractivity contribution in [2.45, 2.75) is 13.3 Å². The van der Waals surface area contributed by atoms with Crippen LogP contribution in [0.25, 0.3) is 11.1 Å². The Labute approximate surface area is 183 Å². The number of halogens is 1. The quantitative estimate of drug-likeness (QED) is 0.204. The molecule has 3 aromatic carbocycles. The van der Waals surface area contributed by atoms with Crippen LogP contribution in [0.3, 0.4) is 0 Å². The van der Waals surface area contributed by atoms with Gasteiger partial charge in [0, 0.05) is 6.54 Å². The number of alkyl halides is 1. The number of ether oxygens (including phenoxy) is 1. The molecule has 3 heteroatoms. The second kappa shape index (κ2) is 11.0. The van der Waals surface area contributed by atoms with Crippen LogP contribution in [0.1, 0.15) is 30.0 Å². The Morgan fingerprint density at radius 3 is 1.90 bits per heavy atom. The molecule has 150 valence electrons. The van der Waals surface area contributed by atoms with Crippen LogP contribution in [0.2, 0.25) is 0 Å². The minimum Gasteiger partial charge on any atom is -0.492 e. The molecule has 0 aromatic heterocycles. The summed E-state index contributed by atoms with van der Waals surface area (Å²) in [7, 11) is 2.06. The van der Waals surface area contributed by atoms with Crippen LogP contribution in [0.15, 0.2) is 84.9 Å². The minimum absolute atomic E-state index is 0.674. The lowest BCUT2D eigenvalue weighted by Crippen LogP contribution is -2.22. The SMILES string of the molecule is CCC(=C(c1ccccc1)c1ccc(OCCN(C)CBr)cc1)c1ccccc1. The number of benzene rings is 3. The van der Waals surface area contributed by atoms with Crippen LogP contribution in [-0.4, -0.2) is 30.6 Å². The van der Waals surface area contributed by atoms with Gasteiger partial charge in [-0.3, -0.25) is 4.90 Å². The molecule has 0 heterocycles. The zero-order chi connectivity index (χ0) is 20.5. The average Bonchev–Trinajstić information content (AvgIpc) is 2.79. The molecule has 0 bridgehead atoms. The summed E-state index contributed by atoms with van der Waals surface area (Å²) in [6.07, 6.45) is 0.964. The summed E-state index contributed by atoms with van der Waals surface area (Å²) in [4.78, 5) is 2.16. The fraction of sp³-hybridized carbons (Fsp3) is 0.231. The second-order valence-corrected chi connectivity index (χ2v) is 7.51.